The minimum absolute atomic E-state index is 0.0656. The van der Waals surface area contributed by atoms with Crippen LogP contribution >= 0.6 is 11.6 Å². The lowest BCUT2D eigenvalue weighted by molar-refractivity contribution is -0.119. The van der Waals surface area contributed by atoms with Crippen LogP contribution in [0.4, 0.5) is 5.69 Å². The molecule has 0 saturated heterocycles. The van der Waals surface area contributed by atoms with Gasteiger partial charge in [-0.3, -0.25) is 19.1 Å². The van der Waals surface area contributed by atoms with Crippen molar-refractivity contribution < 1.29 is 14.7 Å². The number of carbonyl (C=O) groups excluding carboxylic acids is 1. The number of rotatable bonds is 4. The number of carboxylic acids is 1. The van der Waals surface area contributed by atoms with Crippen LogP contribution in [-0.4, -0.2) is 51.1 Å². The van der Waals surface area contributed by atoms with Gasteiger partial charge < -0.3 is 15.0 Å². The van der Waals surface area contributed by atoms with Crippen LogP contribution in [0.1, 0.15) is 48.3 Å². The van der Waals surface area contributed by atoms with Crippen LogP contribution in [-0.2, 0) is 11.8 Å². The monoisotopic (exact) mass is 598 g/mol. The zero-order valence-electron chi connectivity index (χ0n) is 23.3. The van der Waals surface area contributed by atoms with E-state index in [1.807, 2.05) is 42.9 Å². The van der Waals surface area contributed by atoms with Gasteiger partial charge in [-0.1, -0.05) is 30.2 Å². The van der Waals surface area contributed by atoms with Gasteiger partial charge in [0.05, 0.1) is 47.0 Å². The van der Waals surface area contributed by atoms with Crippen LogP contribution in [0.15, 0.2) is 72.2 Å². The summed E-state index contributed by atoms with van der Waals surface area (Å²) in [6.07, 6.45) is 8.31. The maximum absolute atomic E-state index is 13.7. The molecule has 1 amide bonds. The standard InChI is InChI=1S/C30H27ClN8O4/c1-17-4-3-5-25(18-8-10-32-23(12-18)28-21(34-29(17)41)9-11-37(28)2)38-16-33-22(14-27(38)40)20-13-19(31)6-7-26(20)39-15-24(30(42)43)35-36-39/h6-17,25H,3-5H2,1-2H3,(H,34,41)(H,42,43)/t17-,25+/m1/s1. The molecule has 6 rings (SSSR count). The van der Waals surface area contributed by atoms with Gasteiger partial charge in [0.2, 0.25) is 5.91 Å². The van der Waals surface area contributed by atoms with Crippen molar-refractivity contribution in [1.82, 2.24) is 34.1 Å². The summed E-state index contributed by atoms with van der Waals surface area (Å²) in [5, 5.41) is 20.3. The second-order valence-electron chi connectivity index (χ2n) is 10.5. The Balaban J connectivity index is 1.43. The number of aromatic nitrogens is 7. The Labute approximate surface area is 250 Å². The topological polar surface area (TPSA) is 150 Å². The van der Waals surface area contributed by atoms with E-state index >= 15 is 0 Å². The SMILES string of the molecule is C[C@@H]1CCC[C@H](n2cnc(-c3cc(Cl)ccc3-n3cc(C(=O)O)nn3)cc2=O)c2ccnc(c2)-c2c(ccn2C)NC1=O. The van der Waals surface area contributed by atoms with Crippen LogP contribution in [0.3, 0.4) is 0 Å². The molecule has 13 heteroatoms. The fourth-order valence-electron chi connectivity index (χ4n) is 5.39. The smallest absolute Gasteiger partial charge is 0.358 e. The van der Waals surface area contributed by atoms with E-state index in [4.69, 9.17) is 11.6 Å². The Morgan fingerprint density at radius 1 is 1.07 bits per heavy atom. The average Bonchev–Trinajstić information content (AvgIpc) is 3.62. The van der Waals surface area contributed by atoms with Gasteiger partial charge in [-0.25, -0.2) is 14.5 Å². The number of carboxylic acid groups (broad SMARTS) is 1. The maximum atomic E-state index is 13.7. The fraction of sp³-hybridized carbons (Fsp3) is 0.233. The molecular weight excluding hydrogens is 572 g/mol. The first-order valence-corrected chi connectivity index (χ1v) is 14.0. The highest BCUT2D eigenvalue weighted by atomic mass is 35.5. The third-order valence-electron chi connectivity index (χ3n) is 7.67. The summed E-state index contributed by atoms with van der Waals surface area (Å²) in [5.74, 6) is -1.50. The Morgan fingerprint density at radius 3 is 2.67 bits per heavy atom. The summed E-state index contributed by atoms with van der Waals surface area (Å²) in [6.45, 7) is 1.90. The summed E-state index contributed by atoms with van der Waals surface area (Å²) in [5.41, 5.74) is 3.80. The summed E-state index contributed by atoms with van der Waals surface area (Å²) in [6, 6.07) is 11.7. The van der Waals surface area contributed by atoms with Crippen molar-refractivity contribution in [2.24, 2.45) is 13.0 Å². The van der Waals surface area contributed by atoms with Crippen LogP contribution in [0.25, 0.3) is 28.3 Å². The lowest BCUT2D eigenvalue weighted by atomic mass is 9.95. The average molecular weight is 599 g/mol. The number of carbonyl (C=O) groups is 2. The summed E-state index contributed by atoms with van der Waals surface area (Å²) in [4.78, 5) is 47.2. The van der Waals surface area contributed by atoms with Gasteiger partial charge in [0, 0.05) is 42.0 Å². The molecule has 218 valence electrons. The van der Waals surface area contributed by atoms with E-state index < -0.39 is 5.97 Å². The molecule has 5 aromatic rings. The van der Waals surface area contributed by atoms with E-state index in [1.54, 1.807) is 29.0 Å². The summed E-state index contributed by atoms with van der Waals surface area (Å²) in [7, 11) is 1.89. The van der Waals surface area contributed by atoms with Gasteiger partial charge in [0.15, 0.2) is 5.69 Å². The minimum atomic E-state index is -1.21. The molecule has 0 radical (unpaired) electrons. The molecular formula is C30H27ClN8O4. The van der Waals surface area contributed by atoms with Crippen molar-refractivity contribution in [3.8, 4) is 28.3 Å². The molecule has 0 aliphatic carbocycles. The highest BCUT2D eigenvalue weighted by molar-refractivity contribution is 6.31. The number of benzene rings is 1. The quantitative estimate of drug-likeness (QED) is 0.305. The van der Waals surface area contributed by atoms with Crippen molar-refractivity contribution in [3.63, 3.8) is 0 Å². The number of nitrogens with zero attached hydrogens (tertiary/aromatic N) is 7. The molecule has 43 heavy (non-hydrogen) atoms. The van der Waals surface area contributed by atoms with E-state index in [0.29, 0.717) is 52.6 Å². The van der Waals surface area contributed by atoms with E-state index in [2.05, 4.69) is 25.6 Å². The number of amides is 1. The molecule has 12 nitrogen and oxygen atoms in total. The highest BCUT2D eigenvalue weighted by Crippen LogP contribution is 2.33. The van der Waals surface area contributed by atoms with Crippen LogP contribution < -0.4 is 10.9 Å². The van der Waals surface area contributed by atoms with Crippen LogP contribution in [0.5, 0.6) is 0 Å². The zero-order chi connectivity index (χ0) is 30.2. The van der Waals surface area contributed by atoms with Crippen LogP contribution in [0.2, 0.25) is 5.02 Å². The Hall–Kier alpha value is -5.10. The third-order valence-corrected chi connectivity index (χ3v) is 7.90. The molecule has 5 heterocycles. The van der Waals surface area contributed by atoms with Gasteiger partial charge in [-0.05, 0) is 54.8 Å². The number of pyridine rings is 1. The van der Waals surface area contributed by atoms with Crippen molar-refractivity contribution >= 4 is 29.2 Å². The number of aryl methyl sites for hydroxylation is 1. The lowest BCUT2D eigenvalue weighted by Crippen LogP contribution is -2.26. The van der Waals surface area contributed by atoms with Gasteiger partial charge >= 0.3 is 5.97 Å². The predicted octanol–water partition coefficient (Wildman–Crippen LogP) is 4.59. The van der Waals surface area contributed by atoms with Crippen LogP contribution in [0, 0.1) is 5.92 Å². The van der Waals surface area contributed by atoms with Gasteiger partial charge in [-0.2, -0.15) is 0 Å². The van der Waals surface area contributed by atoms with Crippen molar-refractivity contribution in [1.29, 1.82) is 0 Å². The second kappa shape index (κ2) is 11.3. The number of hydrogen-bond donors (Lipinski definition) is 2. The minimum Gasteiger partial charge on any atom is -0.476 e. The lowest BCUT2D eigenvalue weighted by Gasteiger charge is -2.23. The first-order chi connectivity index (χ1) is 20.7. The van der Waals surface area contributed by atoms with Crippen molar-refractivity contribution in [3.05, 3.63) is 94.0 Å². The largest absolute Gasteiger partial charge is 0.476 e. The Morgan fingerprint density at radius 2 is 1.91 bits per heavy atom. The normalized spacial score (nSPS) is 17.0. The summed E-state index contributed by atoms with van der Waals surface area (Å²) >= 11 is 6.30. The molecule has 0 saturated carbocycles. The van der Waals surface area contributed by atoms with E-state index in [1.165, 1.54) is 23.3 Å². The molecule has 2 bridgehead atoms. The highest BCUT2D eigenvalue weighted by Gasteiger charge is 2.24. The molecule has 1 aromatic carbocycles. The van der Waals surface area contributed by atoms with Gasteiger partial charge in [-0.15, -0.1) is 5.10 Å². The Bertz CT molecular complexity index is 1930. The predicted molar refractivity (Wildman–Crippen MR) is 159 cm³/mol. The molecule has 1 aliphatic heterocycles. The molecule has 0 spiro atoms. The number of halogens is 1. The van der Waals surface area contributed by atoms with Crippen molar-refractivity contribution in [2.45, 2.75) is 32.2 Å². The van der Waals surface area contributed by atoms with E-state index in [9.17, 15) is 19.5 Å². The third kappa shape index (κ3) is 5.44. The molecule has 0 fully saturated rings. The van der Waals surface area contributed by atoms with Gasteiger partial charge in [0.1, 0.15) is 0 Å². The Kier molecular flexibility index (Phi) is 7.36. The number of aromatic carboxylic acids is 1. The van der Waals surface area contributed by atoms with Crippen molar-refractivity contribution in [2.75, 3.05) is 5.32 Å². The maximum Gasteiger partial charge on any atom is 0.358 e. The second-order valence-corrected chi connectivity index (χ2v) is 11.0. The molecule has 2 N–H and O–H groups in total. The van der Waals surface area contributed by atoms with E-state index in [-0.39, 0.29) is 29.1 Å². The number of nitrogens with one attached hydrogen (secondary N) is 1. The molecule has 0 unspecified atom stereocenters. The fourth-order valence-corrected chi connectivity index (χ4v) is 5.56. The molecule has 2 atom stereocenters. The number of hydrogen-bond acceptors (Lipinski definition) is 7. The number of anilines is 1. The van der Waals surface area contributed by atoms with E-state index in [0.717, 1.165) is 11.3 Å². The first kappa shape index (κ1) is 28.0. The molecule has 1 aliphatic rings. The molecule has 4 aromatic heterocycles. The number of fused-ring (bicyclic) bond motifs is 4. The zero-order valence-corrected chi connectivity index (χ0v) is 24.1. The van der Waals surface area contributed by atoms with Gasteiger partial charge in [0.25, 0.3) is 5.56 Å². The summed E-state index contributed by atoms with van der Waals surface area (Å²) < 4.78 is 4.81. The first-order valence-electron chi connectivity index (χ1n) is 13.7.